The Hall–Kier alpha value is 0. The summed E-state index contributed by atoms with van der Waals surface area (Å²) in [6, 6.07) is 0. The van der Waals surface area contributed by atoms with Gasteiger partial charge in [-0.1, -0.05) is 48.0 Å². The molecule has 0 saturated heterocycles. The van der Waals surface area contributed by atoms with Crippen LogP contribution >= 0.6 is 0 Å². The largest absolute Gasteiger partial charge is 0.0656 e. The van der Waals surface area contributed by atoms with Gasteiger partial charge in [-0.2, -0.15) is 0 Å². The van der Waals surface area contributed by atoms with Gasteiger partial charge in [-0.15, -0.1) is 0 Å². The first-order valence-electron chi connectivity index (χ1n) is 6.45. The van der Waals surface area contributed by atoms with Crippen LogP contribution in [-0.2, 0) is 0 Å². The fourth-order valence-corrected chi connectivity index (χ4v) is 3.41. The van der Waals surface area contributed by atoms with Crippen LogP contribution < -0.4 is 0 Å². The average molecular weight is 196 g/mol. The van der Waals surface area contributed by atoms with E-state index in [2.05, 4.69) is 41.5 Å². The maximum atomic E-state index is 2.47. The van der Waals surface area contributed by atoms with Crippen molar-refractivity contribution in [1.82, 2.24) is 0 Å². The number of rotatable bonds is 0. The van der Waals surface area contributed by atoms with E-state index in [-0.39, 0.29) is 0 Å². The first kappa shape index (κ1) is 12.1. The molecular weight excluding hydrogens is 168 g/mol. The summed E-state index contributed by atoms with van der Waals surface area (Å²) in [7, 11) is 0. The topological polar surface area (TPSA) is 0 Å². The number of fused-ring (bicyclic) bond motifs is 2. The van der Waals surface area contributed by atoms with Gasteiger partial charge in [0.2, 0.25) is 0 Å². The normalized spacial score (nSPS) is 43.3. The maximum absolute atomic E-state index is 2.47. The molecule has 0 heteroatoms. The summed E-state index contributed by atoms with van der Waals surface area (Å²) in [6.45, 7) is 14.1. The van der Waals surface area contributed by atoms with Crippen molar-refractivity contribution in [3.05, 3.63) is 0 Å². The van der Waals surface area contributed by atoms with Crippen LogP contribution in [0.3, 0.4) is 0 Å². The van der Waals surface area contributed by atoms with E-state index in [1.807, 2.05) is 0 Å². The molecule has 3 fully saturated rings. The molecule has 0 spiro atoms. The van der Waals surface area contributed by atoms with E-state index in [9.17, 15) is 0 Å². The Morgan fingerprint density at radius 1 is 1.07 bits per heavy atom. The second-order valence-electron chi connectivity index (χ2n) is 6.14. The van der Waals surface area contributed by atoms with E-state index in [1.165, 1.54) is 19.3 Å². The predicted octanol–water partition coefficient (Wildman–Crippen LogP) is 4.74. The van der Waals surface area contributed by atoms with Gasteiger partial charge >= 0.3 is 0 Å². The molecule has 0 N–H and O–H groups in total. The Labute approximate surface area is 90.5 Å². The third-order valence-electron chi connectivity index (χ3n) is 4.73. The van der Waals surface area contributed by atoms with Crippen molar-refractivity contribution in [2.45, 2.75) is 60.8 Å². The van der Waals surface area contributed by atoms with Gasteiger partial charge in [0.15, 0.2) is 0 Å². The highest BCUT2D eigenvalue weighted by molar-refractivity contribution is 5.03. The van der Waals surface area contributed by atoms with Crippen molar-refractivity contribution in [2.24, 2.45) is 29.1 Å². The molecule has 0 heterocycles. The summed E-state index contributed by atoms with van der Waals surface area (Å²) in [5, 5.41) is 0. The second-order valence-corrected chi connectivity index (χ2v) is 6.14. The third-order valence-corrected chi connectivity index (χ3v) is 4.73. The molecule has 3 aliphatic carbocycles. The fraction of sp³-hybridized carbons (Fsp3) is 1.00. The second kappa shape index (κ2) is 4.24. The van der Waals surface area contributed by atoms with Crippen molar-refractivity contribution < 1.29 is 0 Å². The van der Waals surface area contributed by atoms with Gasteiger partial charge in [0, 0.05) is 0 Å². The van der Waals surface area contributed by atoms with E-state index in [4.69, 9.17) is 0 Å². The van der Waals surface area contributed by atoms with Crippen LogP contribution in [0.5, 0.6) is 0 Å². The first-order chi connectivity index (χ1) is 6.45. The maximum Gasteiger partial charge on any atom is -0.0295 e. The van der Waals surface area contributed by atoms with Gasteiger partial charge in [-0.05, 0) is 41.9 Å². The Kier molecular flexibility index (Phi) is 3.66. The van der Waals surface area contributed by atoms with Crippen molar-refractivity contribution >= 4 is 0 Å². The standard InChI is InChI=1S/C11H20.C3H8/c1-7-5-9-6-10(8(7)2)11(9,3)4;1-3-2/h7-10H,5-6H2,1-4H3;3H2,1-2H3/t7-,8+,9-,10-;/m1./s1. The summed E-state index contributed by atoms with van der Waals surface area (Å²) in [5.74, 6) is 4.07. The molecule has 0 aromatic heterocycles. The van der Waals surface area contributed by atoms with E-state index >= 15 is 0 Å². The predicted molar refractivity (Wildman–Crippen MR) is 64.3 cm³/mol. The minimum atomic E-state index is 0.686. The number of hydrogen-bond acceptors (Lipinski definition) is 0. The zero-order valence-electron chi connectivity index (χ0n) is 10.9. The smallest absolute Gasteiger partial charge is 0.0295 e. The Morgan fingerprint density at radius 3 is 1.86 bits per heavy atom. The van der Waals surface area contributed by atoms with Crippen LogP contribution in [-0.4, -0.2) is 0 Å². The summed E-state index contributed by atoms with van der Waals surface area (Å²) in [6.07, 6.45) is 4.27. The zero-order chi connectivity index (χ0) is 10.9. The lowest BCUT2D eigenvalue weighted by Crippen LogP contribution is -2.54. The van der Waals surface area contributed by atoms with Gasteiger partial charge in [-0.3, -0.25) is 0 Å². The van der Waals surface area contributed by atoms with Crippen molar-refractivity contribution in [1.29, 1.82) is 0 Å². The van der Waals surface area contributed by atoms with E-state index in [0.29, 0.717) is 5.41 Å². The summed E-state index contributed by atoms with van der Waals surface area (Å²) in [5.41, 5.74) is 0.686. The summed E-state index contributed by atoms with van der Waals surface area (Å²) in [4.78, 5) is 0. The molecule has 14 heavy (non-hydrogen) atoms. The summed E-state index contributed by atoms with van der Waals surface area (Å²) < 4.78 is 0. The monoisotopic (exact) mass is 196 g/mol. The van der Waals surface area contributed by atoms with Crippen LogP contribution in [0.4, 0.5) is 0 Å². The zero-order valence-corrected chi connectivity index (χ0v) is 10.9. The quantitative estimate of drug-likeness (QED) is 0.525. The lowest BCUT2D eigenvalue weighted by Gasteiger charge is -2.61. The highest BCUT2D eigenvalue weighted by Crippen LogP contribution is 2.62. The molecule has 0 radical (unpaired) electrons. The van der Waals surface area contributed by atoms with Crippen LogP contribution in [0.2, 0.25) is 0 Å². The highest BCUT2D eigenvalue weighted by atomic mass is 14.6. The molecule has 2 bridgehead atoms. The first-order valence-corrected chi connectivity index (χ1v) is 6.45. The Morgan fingerprint density at radius 2 is 1.57 bits per heavy atom. The van der Waals surface area contributed by atoms with Crippen molar-refractivity contribution in [3.63, 3.8) is 0 Å². The van der Waals surface area contributed by atoms with Crippen LogP contribution in [0.25, 0.3) is 0 Å². The molecule has 0 unspecified atom stereocenters. The van der Waals surface area contributed by atoms with Crippen molar-refractivity contribution in [3.8, 4) is 0 Å². The van der Waals surface area contributed by atoms with Gasteiger partial charge < -0.3 is 0 Å². The molecule has 3 rings (SSSR count). The Balaban J connectivity index is 0.000000293. The molecule has 4 atom stereocenters. The minimum absolute atomic E-state index is 0.686. The number of hydrogen-bond donors (Lipinski definition) is 0. The Bertz CT molecular complexity index is 180. The molecule has 0 aromatic rings. The molecule has 0 aliphatic heterocycles. The van der Waals surface area contributed by atoms with Crippen LogP contribution in [0.1, 0.15) is 60.8 Å². The highest BCUT2D eigenvalue weighted by Gasteiger charge is 2.54. The average Bonchev–Trinajstić information content (AvgIpc) is 2.10. The van der Waals surface area contributed by atoms with E-state index in [1.54, 1.807) is 0 Å². The molecule has 3 saturated carbocycles. The van der Waals surface area contributed by atoms with Crippen LogP contribution in [0, 0.1) is 29.1 Å². The molecule has 0 aromatic carbocycles. The molecule has 0 nitrogen and oxygen atoms in total. The van der Waals surface area contributed by atoms with E-state index < -0.39 is 0 Å². The SMILES string of the molecule is CCC.C[C@H]1[C@H](C)C[C@@H]2C[C@H]1C2(C)C. The molecule has 0 amide bonds. The van der Waals surface area contributed by atoms with Gasteiger partial charge in [-0.25, -0.2) is 0 Å². The van der Waals surface area contributed by atoms with Crippen LogP contribution in [0.15, 0.2) is 0 Å². The molecular formula is C14H28. The fourth-order valence-electron chi connectivity index (χ4n) is 3.41. The molecule has 3 aliphatic rings. The molecule has 84 valence electrons. The van der Waals surface area contributed by atoms with E-state index in [0.717, 1.165) is 23.7 Å². The lowest BCUT2D eigenvalue weighted by molar-refractivity contribution is -0.124. The van der Waals surface area contributed by atoms with Gasteiger partial charge in [0.1, 0.15) is 0 Å². The third kappa shape index (κ3) is 1.85. The van der Waals surface area contributed by atoms with Crippen molar-refractivity contribution in [2.75, 3.05) is 0 Å². The minimum Gasteiger partial charge on any atom is -0.0656 e. The van der Waals surface area contributed by atoms with Gasteiger partial charge in [0.25, 0.3) is 0 Å². The lowest BCUT2D eigenvalue weighted by atomic mass is 9.44. The summed E-state index contributed by atoms with van der Waals surface area (Å²) >= 11 is 0. The van der Waals surface area contributed by atoms with Gasteiger partial charge in [0.05, 0.1) is 0 Å².